The Morgan fingerprint density at radius 3 is 2.52 bits per heavy atom. The topological polar surface area (TPSA) is 79.0 Å². The number of morpholine rings is 1. The first-order valence-electron chi connectivity index (χ1n) is 11.1. The summed E-state index contributed by atoms with van der Waals surface area (Å²) >= 11 is 1.28. The molecule has 178 valence electrons. The average molecular weight is 494 g/mol. The molecular formula is C23H28FN3O4S2. The Morgan fingerprint density at radius 1 is 1.06 bits per heavy atom. The van der Waals surface area contributed by atoms with Crippen LogP contribution in [0.3, 0.4) is 0 Å². The number of anilines is 2. The molecule has 0 unspecified atom stereocenters. The number of carbonyl (C=O) groups excluding carboxylic acids is 1. The minimum Gasteiger partial charge on any atom is -0.379 e. The number of rotatable bonds is 8. The van der Waals surface area contributed by atoms with Crippen molar-refractivity contribution in [3.8, 4) is 0 Å². The van der Waals surface area contributed by atoms with Crippen molar-refractivity contribution >= 4 is 39.1 Å². The van der Waals surface area contributed by atoms with Crippen molar-refractivity contribution in [1.82, 2.24) is 4.31 Å². The summed E-state index contributed by atoms with van der Waals surface area (Å²) in [6.45, 7) is 3.09. The molecule has 0 spiro atoms. The lowest BCUT2D eigenvalue weighted by Gasteiger charge is -2.27. The molecule has 0 bridgehead atoms. The van der Waals surface area contributed by atoms with Crippen molar-refractivity contribution in [3.05, 3.63) is 48.3 Å². The Hall–Kier alpha value is -2.14. The van der Waals surface area contributed by atoms with Gasteiger partial charge in [-0.25, -0.2) is 12.8 Å². The van der Waals surface area contributed by atoms with Gasteiger partial charge in [-0.3, -0.25) is 4.79 Å². The molecule has 2 saturated heterocycles. The number of sulfonamides is 1. The summed E-state index contributed by atoms with van der Waals surface area (Å²) in [5.41, 5.74) is 1.32. The highest BCUT2D eigenvalue weighted by Crippen LogP contribution is 2.33. The molecule has 33 heavy (non-hydrogen) atoms. The lowest BCUT2D eigenvalue weighted by molar-refractivity contribution is -0.115. The number of thioether (sulfide) groups is 1. The van der Waals surface area contributed by atoms with E-state index in [2.05, 4.69) is 10.2 Å². The number of ether oxygens (including phenoxy) is 1. The first-order valence-corrected chi connectivity index (χ1v) is 13.5. The summed E-state index contributed by atoms with van der Waals surface area (Å²) in [4.78, 5) is 15.5. The summed E-state index contributed by atoms with van der Waals surface area (Å²) in [6.07, 6.45) is 2.29. The van der Waals surface area contributed by atoms with E-state index >= 15 is 0 Å². The third-order valence-corrected chi connectivity index (χ3v) is 8.67. The Bertz CT molecular complexity index is 1080. The first-order chi connectivity index (χ1) is 15.9. The second kappa shape index (κ2) is 10.9. The summed E-state index contributed by atoms with van der Waals surface area (Å²) < 4.78 is 46.7. The SMILES string of the molecule is O=C(CCSc1ccccc1F)Nc1cc(S(=O)(=O)N2CCOCC2)ccc1N1CCCC1. The molecule has 2 heterocycles. The van der Waals surface area contributed by atoms with E-state index in [1.807, 2.05) is 0 Å². The Labute approximate surface area is 198 Å². The van der Waals surface area contributed by atoms with Gasteiger partial charge in [0.15, 0.2) is 0 Å². The number of halogens is 1. The maximum atomic E-state index is 13.8. The van der Waals surface area contributed by atoms with Gasteiger partial charge in [0, 0.05) is 43.2 Å². The predicted molar refractivity (Wildman–Crippen MR) is 128 cm³/mol. The summed E-state index contributed by atoms with van der Waals surface area (Å²) in [7, 11) is -3.68. The fraction of sp³-hybridized carbons (Fsp3) is 0.435. The van der Waals surface area contributed by atoms with Crippen LogP contribution in [-0.4, -0.2) is 63.8 Å². The van der Waals surface area contributed by atoms with E-state index in [-0.39, 0.29) is 23.0 Å². The third-order valence-electron chi connectivity index (χ3n) is 5.72. The first kappa shape index (κ1) is 24.0. The largest absolute Gasteiger partial charge is 0.379 e. The van der Waals surface area contributed by atoms with Crippen LogP contribution in [0.15, 0.2) is 52.3 Å². The van der Waals surface area contributed by atoms with Gasteiger partial charge < -0.3 is 15.0 Å². The molecular weight excluding hydrogens is 465 g/mol. The molecule has 0 saturated carbocycles. The standard InChI is InChI=1S/C23H28FN3O4S2/c24-19-5-1-2-6-22(19)32-16-9-23(28)25-20-17-18(7-8-21(20)26-10-3-4-11-26)33(29,30)27-12-14-31-15-13-27/h1-2,5-8,17H,3-4,9-16H2,(H,25,28). The van der Waals surface area contributed by atoms with E-state index < -0.39 is 10.0 Å². The highest BCUT2D eigenvalue weighted by Gasteiger charge is 2.28. The number of amides is 1. The van der Waals surface area contributed by atoms with Gasteiger partial charge in [-0.05, 0) is 43.2 Å². The van der Waals surface area contributed by atoms with Crippen LogP contribution in [0.5, 0.6) is 0 Å². The molecule has 1 amide bonds. The number of carbonyl (C=O) groups is 1. The molecule has 2 aromatic rings. The maximum absolute atomic E-state index is 13.8. The van der Waals surface area contributed by atoms with Gasteiger partial charge in [-0.1, -0.05) is 12.1 Å². The van der Waals surface area contributed by atoms with Crippen LogP contribution in [0.1, 0.15) is 19.3 Å². The van der Waals surface area contributed by atoms with Gasteiger partial charge in [0.1, 0.15) is 5.82 Å². The number of hydrogen-bond donors (Lipinski definition) is 1. The second-order valence-electron chi connectivity index (χ2n) is 7.97. The van der Waals surface area contributed by atoms with Gasteiger partial charge in [-0.15, -0.1) is 11.8 Å². The van der Waals surface area contributed by atoms with Crippen molar-refractivity contribution in [2.24, 2.45) is 0 Å². The molecule has 7 nitrogen and oxygen atoms in total. The lowest BCUT2D eigenvalue weighted by Crippen LogP contribution is -2.40. The molecule has 10 heteroatoms. The van der Waals surface area contributed by atoms with E-state index in [4.69, 9.17) is 4.74 Å². The summed E-state index contributed by atoms with van der Waals surface area (Å²) in [5, 5.41) is 2.91. The molecule has 0 radical (unpaired) electrons. The Kier molecular flexibility index (Phi) is 7.90. The molecule has 2 aliphatic rings. The van der Waals surface area contributed by atoms with Gasteiger partial charge in [0.05, 0.1) is 29.5 Å². The minimum atomic E-state index is -3.68. The number of nitrogens with zero attached hydrogens (tertiary/aromatic N) is 2. The second-order valence-corrected chi connectivity index (χ2v) is 11.0. The van der Waals surface area contributed by atoms with Gasteiger partial charge in [0.25, 0.3) is 0 Å². The molecule has 2 aliphatic heterocycles. The highest BCUT2D eigenvalue weighted by atomic mass is 32.2. The van der Waals surface area contributed by atoms with E-state index in [9.17, 15) is 17.6 Å². The van der Waals surface area contributed by atoms with Crippen molar-refractivity contribution in [1.29, 1.82) is 0 Å². The lowest BCUT2D eigenvalue weighted by atomic mass is 10.2. The summed E-state index contributed by atoms with van der Waals surface area (Å²) in [6, 6.07) is 11.4. The zero-order valence-electron chi connectivity index (χ0n) is 18.3. The predicted octanol–water partition coefficient (Wildman–Crippen LogP) is 3.57. The maximum Gasteiger partial charge on any atom is 0.243 e. The van der Waals surface area contributed by atoms with E-state index in [1.165, 1.54) is 22.1 Å². The Morgan fingerprint density at radius 2 is 1.79 bits per heavy atom. The monoisotopic (exact) mass is 493 g/mol. The van der Waals surface area contributed by atoms with Crippen LogP contribution in [-0.2, 0) is 19.6 Å². The van der Waals surface area contributed by atoms with Crippen LogP contribution in [0.2, 0.25) is 0 Å². The quantitative estimate of drug-likeness (QED) is 0.567. The van der Waals surface area contributed by atoms with Crippen molar-refractivity contribution in [2.45, 2.75) is 29.1 Å². The fourth-order valence-electron chi connectivity index (χ4n) is 3.97. The number of hydrogen-bond acceptors (Lipinski definition) is 6. The zero-order chi connectivity index (χ0) is 23.3. The van der Waals surface area contributed by atoms with Gasteiger partial charge >= 0.3 is 0 Å². The normalized spacial score (nSPS) is 17.3. The molecule has 2 fully saturated rings. The summed E-state index contributed by atoms with van der Waals surface area (Å²) in [5.74, 6) is -0.127. The molecule has 4 rings (SSSR count). The molecule has 0 aromatic heterocycles. The zero-order valence-corrected chi connectivity index (χ0v) is 20.0. The number of nitrogens with one attached hydrogen (secondary N) is 1. The van der Waals surface area contributed by atoms with Crippen LogP contribution in [0, 0.1) is 5.82 Å². The van der Waals surface area contributed by atoms with Crippen molar-refractivity contribution < 1.29 is 22.3 Å². The Balaban J connectivity index is 1.49. The average Bonchev–Trinajstić information content (AvgIpc) is 3.35. The third kappa shape index (κ3) is 5.87. The smallest absolute Gasteiger partial charge is 0.243 e. The van der Waals surface area contributed by atoms with Crippen molar-refractivity contribution in [2.75, 3.05) is 55.4 Å². The molecule has 0 aliphatic carbocycles. The van der Waals surface area contributed by atoms with E-state index in [0.717, 1.165) is 31.6 Å². The van der Waals surface area contributed by atoms with Gasteiger partial charge in [-0.2, -0.15) is 4.31 Å². The minimum absolute atomic E-state index is 0.156. The van der Waals surface area contributed by atoms with Crippen molar-refractivity contribution in [3.63, 3.8) is 0 Å². The van der Waals surface area contributed by atoms with E-state index in [1.54, 1.807) is 36.4 Å². The molecule has 1 N–H and O–H groups in total. The van der Waals surface area contributed by atoms with Crippen LogP contribution in [0.25, 0.3) is 0 Å². The number of benzene rings is 2. The molecule has 2 aromatic carbocycles. The highest BCUT2D eigenvalue weighted by molar-refractivity contribution is 7.99. The molecule has 0 atom stereocenters. The van der Waals surface area contributed by atoms with Crippen LogP contribution in [0.4, 0.5) is 15.8 Å². The van der Waals surface area contributed by atoms with Crippen LogP contribution < -0.4 is 10.2 Å². The van der Waals surface area contributed by atoms with E-state index in [0.29, 0.717) is 42.6 Å². The fourth-order valence-corrected chi connectivity index (χ4v) is 6.30. The van der Waals surface area contributed by atoms with Crippen LogP contribution >= 0.6 is 11.8 Å². The van der Waals surface area contributed by atoms with Gasteiger partial charge in [0.2, 0.25) is 15.9 Å².